The highest BCUT2D eigenvalue weighted by Crippen LogP contribution is 2.23. The third-order valence-corrected chi connectivity index (χ3v) is 4.63. The van der Waals surface area contributed by atoms with Crippen molar-refractivity contribution in [3.05, 3.63) is 82.7 Å². The van der Waals surface area contributed by atoms with Crippen LogP contribution in [-0.4, -0.2) is 22.6 Å². The van der Waals surface area contributed by atoms with E-state index in [1.807, 2.05) is 12.1 Å². The molecule has 3 aromatic rings. The van der Waals surface area contributed by atoms with Crippen LogP contribution in [0.2, 0.25) is 0 Å². The highest BCUT2D eigenvalue weighted by atomic mass is 19.2. The molecule has 0 spiro atoms. The van der Waals surface area contributed by atoms with E-state index in [0.717, 1.165) is 19.0 Å². The molecule has 0 aliphatic carbocycles. The zero-order valence-corrected chi connectivity index (χ0v) is 14.6. The second kappa shape index (κ2) is 7.30. The molecule has 0 saturated carbocycles. The minimum atomic E-state index is -1.69. The molecule has 2 heterocycles. The zero-order valence-electron chi connectivity index (χ0n) is 14.6. The maximum atomic E-state index is 13.7. The monoisotopic (exact) mass is 384 g/mol. The lowest BCUT2D eigenvalue weighted by Gasteiger charge is -2.29. The molecule has 1 aliphatic heterocycles. The number of carbonyl (C=O) groups excluding carboxylic acids is 1. The molecule has 5 nitrogen and oxygen atoms in total. The topological polar surface area (TPSA) is 58.1 Å². The van der Waals surface area contributed by atoms with Gasteiger partial charge in [0.25, 0.3) is 5.91 Å². The van der Waals surface area contributed by atoms with Gasteiger partial charge in [0.1, 0.15) is 0 Å². The molecule has 2 aromatic carbocycles. The van der Waals surface area contributed by atoms with E-state index in [1.165, 1.54) is 17.2 Å². The standard InChI is InChI=1S/C20H15F3N4O/c21-15-6-5-14(18(22)19(15)23)20(28)24-16-7-8-17(26-25-16)27-10-9-12-3-1-2-4-13(12)11-27/h1-8H,9-11H2,(H,24,25,28). The van der Waals surface area contributed by atoms with E-state index in [0.29, 0.717) is 18.4 Å². The maximum absolute atomic E-state index is 13.7. The van der Waals surface area contributed by atoms with Crippen molar-refractivity contribution in [2.45, 2.75) is 13.0 Å². The van der Waals surface area contributed by atoms with Gasteiger partial charge in [-0.25, -0.2) is 13.2 Å². The van der Waals surface area contributed by atoms with Crippen molar-refractivity contribution < 1.29 is 18.0 Å². The Bertz CT molecular complexity index is 1040. The molecule has 0 fully saturated rings. The molecule has 1 aliphatic rings. The molecule has 0 unspecified atom stereocenters. The first-order valence-electron chi connectivity index (χ1n) is 8.63. The molecule has 1 aromatic heterocycles. The second-order valence-corrected chi connectivity index (χ2v) is 6.39. The first kappa shape index (κ1) is 18.0. The number of fused-ring (bicyclic) bond motifs is 1. The summed E-state index contributed by atoms with van der Waals surface area (Å²) in [6, 6.07) is 13.0. The number of nitrogens with zero attached hydrogens (tertiary/aromatic N) is 3. The maximum Gasteiger partial charge on any atom is 0.259 e. The SMILES string of the molecule is O=C(Nc1ccc(N2CCc3ccccc3C2)nn1)c1ccc(F)c(F)c1F. The van der Waals surface area contributed by atoms with Gasteiger partial charge in [-0.1, -0.05) is 24.3 Å². The van der Waals surface area contributed by atoms with Crippen LogP contribution >= 0.6 is 0 Å². The van der Waals surface area contributed by atoms with Crippen molar-refractivity contribution in [1.82, 2.24) is 10.2 Å². The highest BCUT2D eigenvalue weighted by Gasteiger charge is 2.20. The van der Waals surface area contributed by atoms with Crippen LogP contribution in [0, 0.1) is 17.5 Å². The summed E-state index contributed by atoms with van der Waals surface area (Å²) in [6.07, 6.45) is 0.895. The molecule has 0 bridgehead atoms. The number of anilines is 2. The van der Waals surface area contributed by atoms with Gasteiger partial charge in [0.15, 0.2) is 29.1 Å². The first-order valence-corrected chi connectivity index (χ1v) is 8.63. The predicted molar refractivity (Wildman–Crippen MR) is 97.5 cm³/mol. The van der Waals surface area contributed by atoms with E-state index in [4.69, 9.17) is 0 Å². The van der Waals surface area contributed by atoms with Crippen molar-refractivity contribution in [2.75, 3.05) is 16.8 Å². The summed E-state index contributed by atoms with van der Waals surface area (Å²) in [6.45, 7) is 1.49. The van der Waals surface area contributed by atoms with Crippen molar-refractivity contribution in [2.24, 2.45) is 0 Å². The molecule has 1 N–H and O–H groups in total. The lowest BCUT2D eigenvalue weighted by Crippen LogP contribution is -2.31. The summed E-state index contributed by atoms with van der Waals surface area (Å²) >= 11 is 0. The summed E-state index contributed by atoms with van der Waals surface area (Å²) in [5, 5.41) is 10.4. The van der Waals surface area contributed by atoms with E-state index >= 15 is 0 Å². The Morgan fingerprint density at radius 1 is 0.929 bits per heavy atom. The number of benzene rings is 2. The van der Waals surface area contributed by atoms with Crippen LogP contribution in [0.5, 0.6) is 0 Å². The van der Waals surface area contributed by atoms with Crippen LogP contribution in [0.3, 0.4) is 0 Å². The quantitative estimate of drug-likeness (QED) is 0.700. The Labute approximate surface area is 158 Å². The number of hydrogen-bond acceptors (Lipinski definition) is 4. The fourth-order valence-electron chi connectivity index (χ4n) is 3.14. The van der Waals surface area contributed by atoms with Crippen molar-refractivity contribution in [3.63, 3.8) is 0 Å². The van der Waals surface area contributed by atoms with Crippen LogP contribution in [0.1, 0.15) is 21.5 Å². The minimum Gasteiger partial charge on any atom is -0.350 e. The first-order chi connectivity index (χ1) is 13.5. The average molecular weight is 384 g/mol. The smallest absolute Gasteiger partial charge is 0.259 e. The van der Waals surface area contributed by atoms with Crippen LogP contribution < -0.4 is 10.2 Å². The Kier molecular flexibility index (Phi) is 4.68. The number of aromatic nitrogens is 2. The van der Waals surface area contributed by atoms with E-state index in [2.05, 4.69) is 32.5 Å². The Hall–Kier alpha value is -3.42. The third kappa shape index (κ3) is 3.40. The summed E-state index contributed by atoms with van der Waals surface area (Å²) < 4.78 is 40.0. The molecule has 0 saturated heterocycles. The fourth-order valence-corrected chi connectivity index (χ4v) is 3.14. The van der Waals surface area contributed by atoms with E-state index in [-0.39, 0.29) is 5.82 Å². The number of nitrogens with one attached hydrogen (secondary N) is 1. The van der Waals surface area contributed by atoms with Crippen LogP contribution in [0.15, 0.2) is 48.5 Å². The molecular weight excluding hydrogens is 369 g/mol. The van der Waals surface area contributed by atoms with Gasteiger partial charge in [-0.15, -0.1) is 10.2 Å². The number of carbonyl (C=O) groups is 1. The Balaban J connectivity index is 1.47. The van der Waals surface area contributed by atoms with Gasteiger partial charge in [0.05, 0.1) is 5.56 Å². The van der Waals surface area contributed by atoms with Crippen molar-refractivity contribution in [1.29, 1.82) is 0 Å². The molecule has 1 amide bonds. The Morgan fingerprint density at radius 3 is 2.46 bits per heavy atom. The van der Waals surface area contributed by atoms with E-state index < -0.39 is 28.9 Å². The largest absolute Gasteiger partial charge is 0.350 e. The number of amides is 1. The van der Waals surface area contributed by atoms with Gasteiger partial charge in [0.2, 0.25) is 0 Å². The molecule has 0 atom stereocenters. The third-order valence-electron chi connectivity index (χ3n) is 4.63. The van der Waals surface area contributed by atoms with E-state index in [1.54, 1.807) is 6.07 Å². The van der Waals surface area contributed by atoms with Gasteiger partial charge in [0, 0.05) is 13.1 Å². The van der Waals surface area contributed by atoms with Gasteiger partial charge >= 0.3 is 0 Å². The zero-order chi connectivity index (χ0) is 19.7. The van der Waals surface area contributed by atoms with Gasteiger partial charge in [-0.3, -0.25) is 4.79 Å². The number of rotatable bonds is 3. The van der Waals surface area contributed by atoms with Crippen LogP contribution in [-0.2, 0) is 13.0 Å². The lowest BCUT2D eigenvalue weighted by molar-refractivity contribution is 0.102. The van der Waals surface area contributed by atoms with Gasteiger partial charge in [-0.05, 0) is 41.8 Å². The van der Waals surface area contributed by atoms with Crippen LogP contribution in [0.4, 0.5) is 24.8 Å². The predicted octanol–water partition coefficient (Wildman–Crippen LogP) is 3.71. The fraction of sp³-hybridized carbons (Fsp3) is 0.150. The van der Waals surface area contributed by atoms with Crippen molar-refractivity contribution >= 4 is 17.5 Å². The molecule has 142 valence electrons. The summed E-state index contributed by atoms with van der Waals surface area (Å²) in [7, 11) is 0. The molecule has 4 rings (SSSR count). The van der Waals surface area contributed by atoms with Crippen molar-refractivity contribution in [3.8, 4) is 0 Å². The van der Waals surface area contributed by atoms with Crippen LogP contribution in [0.25, 0.3) is 0 Å². The van der Waals surface area contributed by atoms with E-state index in [9.17, 15) is 18.0 Å². The molecule has 0 radical (unpaired) electrons. The average Bonchev–Trinajstić information content (AvgIpc) is 2.72. The van der Waals surface area contributed by atoms with Gasteiger partial charge < -0.3 is 10.2 Å². The minimum absolute atomic E-state index is 0.0790. The second-order valence-electron chi connectivity index (χ2n) is 6.39. The number of hydrogen-bond donors (Lipinski definition) is 1. The van der Waals surface area contributed by atoms with Gasteiger partial charge in [-0.2, -0.15) is 0 Å². The Morgan fingerprint density at radius 2 is 1.71 bits per heavy atom. The number of halogens is 3. The summed E-state index contributed by atoms with van der Waals surface area (Å²) in [5.41, 5.74) is 1.92. The highest BCUT2D eigenvalue weighted by molar-refractivity contribution is 6.03. The molecular formula is C20H15F3N4O. The molecule has 28 heavy (non-hydrogen) atoms. The normalized spacial score (nSPS) is 13.2. The summed E-state index contributed by atoms with van der Waals surface area (Å²) in [4.78, 5) is 14.2. The molecule has 8 heteroatoms. The lowest BCUT2D eigenvalue weighted by atomic mass is 10.00. The summed E-state index contributed by atoms with van der Waals surface area (Å²) in [5.74, 6) is -4.82.